The van der Waals surface area contributed by atoms with Gasteiger partial charge in [0.05, 0.1) is 32.9 Å². The number of likely N-dealkylation sites (tertiary alicyclic amines) is 1. The number of carbonyl (C=O) groups is 2. The van der Waals surface area contributed by atoms with E-state index in [0.717, 1.165) is 6.54 Å². The van der Waals surface area contributed by atoms with E-state index in [2.05, 4.69) is 0 Å². The number of rotatable bonds is 9. The summed E-state index contributed by atoms with van der Waals surface area (Å²) in [5.74, 6) is -0.113. The van der Waals surface area contributed by atoms with Gasteiger partial charge in [-0.1, -0.05) is 12.1 Å². The van der Waals surface area contributed by atoms with Crippen LogP contribution in [0.5, 0.6) is 17.2 Å². The second kappa shape index (κ2) is 10.4. The van der Waals surface area contributed by atoms with Gasteiger partial charge in [0.25, 0.3) is 11.7 Å². The molecule has 2 aromatic carbocycles. The zero-order valence-electron chi connectivity index (χ0n) is 19.6. The van der Waals surface area contributed by atoms with Crippen LogP contribution in [0.1, 0.15) is 23.6 Å². The standard InChI is InChI=1S/C25H30N2O6/c1-26(2)12-7-13-27-22(19-15-18(32-4)10-11-20(19)33-5)21(24(29)25(27)30)23(28)16-8-6-9-17(14-16)31-3/h6,8-11,14-15,22,28H,7,12-13H2,1-5H3/b23-21-. The van der Waals surface area contributed by atoms with Crippen LogP contribution in [0.2, 0.25) is 0 Å². The predicted octanol–water partition coefficient (Wildman–Crippen LogP) is 3.09. The van der Waals surface area contributed by atoms with Crippen LogP contribution in [0.3, 0.4) is 0 Å². The maximum atomic E-state index is 13.2. The zero-order valence-corrected chi connectivity index (χ0v) is 19.6. The van der Waals surface area contributed by atoms with Crippen molar-refractivity contribution in [3.05, 3.63) is 59.2 Å². The van der Waals surface area contributed by atoms with Crippen LogP contribution in [0, 0.1) is 0 Å². The summed E-state index contributed by atoms with van der Waals surface area (Å²) >= 11 is 0. The molecule has 0 radical (unpaired) electrons. The van der Waals surface area contributed by atoms with Crippen LogP contribution in [0.4, 0.5) is 0 Å². The largest absolute Gasteiger partial charge is 0.507 e. The number of aliphatic hydroxyl groups excluding tert-OH is 1. The van der Waals surface area contributed by atoms with Crippen molar-refractivity contribution in [3.63, 3.8) is 0 Å². The summed E-state index contributed by atoms with van der Waals surface area (Å²) in [5, 5.41) is 11.2. The van der Waals surface area contributed by atoms with Crippen molar-refractivity contribution in [2.45, 2.75) is 12.5 Å². The van der Waals surface area contributed by atoms with Gasteiger partial charge in [0.15, 0.2) is 0 Å². The SMILES string of the molecule is COc1cccc(/C(O)=C2/C(=O)C(=O)N(CCCN(C)C)C2c2cc(OC)ccc2OC)c1. The lowest BCUT2D eigenvalue weighted by Crippen LogP contribution is -2.32. The molecular formula is C25H30N2O6. The maximum Gasteiger partial charge on any atom is 0.295 e. The number of benzene rings is 2. The number of hydrogen-bond acceptors (Lipinski definition) is 7. The van der Waals surface area contributed by atoms with Crippen LogP contribution in [0.25, 0.3) is 5.76 Å². The Hall–Kier alpha value is -3.52. The Balaban J connectivity index is 2.20. The minimum absolute atomic E-state index is 0.00431. The van der Waals surface area contributed by atoms with Crippen LogP contribution in [-0.4, -0.2) is 75.1 Å². The van der Waals surface area contributed by atoms with Crippen LogP contribution >= 0.6 is 0 Å². The van der Waals surface area contributed by atoms with Crippen molar-refractivity contribution >= 4 is 17.4 Å². The molecule has 176 valence electrons. The molecule has 0 bridgehead atoms. The van der Waals surface area contributed by atoms with Gasteiger partial charge in [0.2, 0.25) is 0 Å². The van der Waals surface area contributed by atoms with Gasteiger partial charge in [0.1, 0.15) is 23.0 Å². The highest BCUT2D eigenvalue weighted by atomic mass is 16.5. The monoisotopic (exact) mass is 454 g/mol. The molecule has 8 heteroatoms. The molecule has 1 amide bonds. The van der Waals surface area contributed by atoms with Gasteiger partial charge in [-0.3, -0.25) is 9.59 Å². The number of carbonyl (C=O) groups excluding carboxylic acids is 2. The molecule has 0 aliphatic carbocycles. The molecule has 0 aromatic heterocycles. The van der Waals surface area contributed by atoms with Gasteiger partial charge in [-0.15, -0.1) is 0 Å². The first kappa shape index (κ1) is 24.1. The summed E-state index contributed by atoms with van der Waals surface area (Å²) in [6.45, 7) is 1.07. The van der Waals surface area contributed by atoms with E-state index < -0.39 is 17.7 Å². The van der Waals surface area contributed by atoms with Gasteiger partial charge in [-0.2, -0.15) is 0 Å². The Labute approximate surface area is 194 Å². The van der Waals surface area contributed by atoms with Gasteiger partial charge < -0.3 is 29.1 Å². The van der Waals surface area contributed by atoms with Gasteiger partial charge >= 0.3 is 0 Å². The van der Waals surface area contributed by atoms with Crippen molar-refractivity contribution in [2.24, 2.45) is 0 Å². The quantitative estimate of drug-likeness (QED) is 0.354. The van der Waals surface area contributed by atoms with Crippen molar-refractivity contribution < 1.29 is 28.9 Å². The van der Waals surface area contributed by atoms with E-state index in [9.17, 15) is 14.7 Å². The van der Waals surface area contributed by atoms with Crippen molar-refractivity contribution in [3.8, 4) is 17.2 Å². The minimum Gasteiger partial charge on any atom is -0.507 e. The van der Waals surface area contributed by atoms with Crippen molar-refractivity contribution in [1.82, 2.24) is 9.80 Å². The van der Waals surface area contributed by atoms with E-state index in [1.54, 1.807) is 42.5 Å². The average molecular weight is 455 g/mol. The molecule has 1 N–H and O–H groups in total. The third-order valence-corrected chi connectivity index (χ3v) is 5.62. The summed E-state index contributed by atoms with van der Waals surface area (Å²) in [7, 11) is 8.46. The Bertz CT molecular complexity index is 1060. The molecule has 1 aliphatic heterocycles. The minimum atomic E-state index is -0.830. The number of Topliss-reactive ketones (excluding diaryl/α,β-unsaturated/α-hetero) is 1. The topological polar surface area (TPSA) is 88.5 Å². The molecule has 1 unspecified atom stereocenters. The number of hydrogen-bond donors (Lipinski definition) is 1. The lowest BCUT2D eigenvalue weighted by Gasteiger charge is -2.27. The first-order valence-electron chi connectivity index (χ1n) is 10.6. The van der Waals surface area contributed by atoms with Gasteiger partial charge in [-0.05, 0) is 57.4 Å². The second-order valence-corrected chi connectivity index (χ2v) is 7.99. The highest BCUT2D eigenvalue weighted by Gasteiger charge is 2.47. The molecule has 8 nitrogen and oxygen atoms in total. The van der Waals surface area contributed by atoms with Crippen LogP contribution < -0.4 is 14.2 Å². The predicted molar refractivity (Wildman–Crippen MR) is 125 cm³/mol. The highest BCUT2D eigenvalue weighted by molar-refractivity contribution is 6.46. The van der Waals surface area contributed by atoms with E-state index in [4.69, 9.17) is 14.2 Å². The smallest absolute Gasteiger partial charge is 0.295 e. The molecule has 3 rings (SSSR count). The van der Waals surface area contributed by atoms with E-state index >= 15 is 0 Å². The summed E-state index contributed by atoms with van der Waals surface area (Å²) in [5.41, 5.74) is 0.947. The molecule has 1 aliphatic rings. The molecular weight excluding hydrogens is 424 g/mol. The third kappa shape index (κ3) is 4.96. The Morgan fingerprint density at radius 3 is 2.33 bits per heavy atom. The second-order valence-electron chi connectivity index (χ2n) is 7.99. The van der Waals surface area contributed by atoms with Gasteiger partial charge in [-0.25, -0.2) is 0 Å². The van der Waals surface area contributed by atoms with Gasteiger partial charge in [0, 0.05) is 17.7 Å². The van der Waals surface area contributed by atoms with Crippen LogP contribution in [0.15, 0.2) is 48.0 Å². The maximum absolute atomic E-state index is 13.2. The number of methoxy groups -OCH3 is 3. The fraction of sp³-hybridized carbons (Fsp3) is 0.360. The molecule has 1 fully saturated rings. The molecule has 2 aromatic rings. The van der Waals surface area contributed by atoms with E-state index in [1.807, 2.05) is 19.0 Å². The van der Waals surface area contributed by atoms with E-state index in [1.165, 1.54) is 26.2 Å². The molecule has 0 spiro atoms. The zero-order chi connectivity index (χ0) is 24.1. The number of amides is 1. The van der Waals surface area contributed by atoms with E-state index in [0.29, 0.717) is 41.3 Å². The number of aliphatic hydroxyl groups is 1. The number of ketones is 1. The molecule has 33 heavy (non-hydrogen) atoms. The lowest BCUT2D eigenvalue weighted by atomic mass is 9.94. The Morgan fingerprint density at radius 2 is 1.70 bits per heavy atom. The number of ether oxygens (including phenoxy) is 3. The molecule has 0 saturated carbocycles. The first-order chi connectivity index (χ1) is 15.8. The van der Waals surface area contributed by atoms with E-state index in [-0.39, 0.29) is 11.3 Å². The van der Waals surface area contributed by atoms with Crippen molar-refractivity contribution in [1.29, 1.82) is 0 Å². The first-order valence-corrected chi connectivity index (χ1v) is 10.6. The average Bonchev–Trinajstić information content (AvgIpc) is 3.07. The fourth-order valence-electron chi connectivity index (χ4n) is 3.97. The summed E-state index contributed by atoms with van der Waals surface area (Å²) < 4.78 is 16.2. The molecule has 1 atom stereocenters. The summed E-state index contributed by atoms with van der Waals surface area (Å²) in [6, 6.07) is 11.1. The third-order valence-electron chi connectivity index (χ3n) is 5.62. The normalized spacial score (nSPS) is 17.5. The molecule has 1 saturated heterocycles. The Kier molecular flexibility index (Phi) is 7.60. The molecule has 1 heterocycles. The Morgan fingerprint density at radius 1 is 1.00 bits per heavy atom. The summed E-state index contributed by atoms with van der Waals surface area (Å²) in [6.07, 6.45) is 0.655. The number of nitrogens with zero attached hydrogens (tertiary/aromatic N) is 2. The lowest BCUT2D eigenvalue weighted by molar-refractivity contribution is -0.140. The summed E-state index contributed by atoms with van der Waals surface area (Å²) in [4.78, 5) is 29.8. The fourth-order valence-corrected chi connectivity index (χ4v) is 3.97. The highest BCUT2D eigenvalue weighted by Crippen LogP contribution is 2.44. The van der Waals surface area contributed by atoms with Crippen molar-refractivity contribution in [2.75, 3.05) is 48.5 Å². The van der Waals surface area contributed by atoms with Crippen LogP contribution in [-0.2, 0) is 9.59 Å².